The van der Waals surface area contributed by atoms with E-state index in [2.05, 4.69) is 16.0 Å². The Hall–Kier alpha value is -3.10. The molecule has 1 atom stereocenters. The summed E-state index contributed by atoms with van der Waals surface area (Å²) in [5.41, 5.74) is 5.84. The van der Waals surface area contributed by atoms with E-state index < -0.39 is 29.7 Å². The number of hydrogen-bond donors (Lipinski definition) is 4. The summed E-state index contributed by atoms with van der Waals surface area (Å²) in [6.45, 7) is 3.12. The molecule has 1 saturated heterocycles. The second kappa shape index (κ2) is 15.2. The number of halogens is 1. The van der Waals surface area contributed by atoms with Gasteiger partial charge < -0.3 is 30.6 Å². The third-order valence-corrected chi connectivity index (χ3v) is 5.48. The number of fused-ring (bicyclic) bond motifs is 1. The fourth-order valence-electron chi connectivity index (χ4n) is 3.79. The molecule has 14 heteroatoms. The molecule has 2 heterocycles. The Labute approximate surface area is 220 Å². The Morgan fingerprint density at radius 3 is 2.35 bits per heavy atom. The quantitative estimate of drug-likeness (QED) is 0.160. The highest BCUT2D eigenvalue weighted by Crippen LogP contribution is 2.32. The molecule has 2 aliphatic heterocycles. The van der Waals surface area contributed by atoms with Gasteiger partial charge in [-0.3, -0.25) is 34.2 Å². The maximum atomic E-state index is 13.0. The number of carbonyl (C=O) groups is 5. The Morgan fingerprint density at radius 1 is 1.00 bits per heavy atom. The predicted molar refractivity (Wildman–Crippen MR) is 133 cm³/mol. The summed E-state index contributed by atoms with van der Waals surface area (Å²) in [7, 11) is 0. The van der Waals surface area contributed by atoms with Crippen molar-refractivity contribution in [2.45, 2.75) is 18.9 Å². The van der Waals surface area contributed by atoms with E-state index in [9.17, 15) is 24.0 Å². The van der Waals surface area contributed by atoms with Gasteiger partial charge in [0.25, 0.3) is 11.8 Å². The molecule has 0 saturated carbocycles. The van der Waals surface area contributed by atoms with E-state index in [1.807, 2.05) is 0 Å². The van der Waals surface area contributed by atoms with Crippen LogP contribution in [0.15, 0.2) is 18.2 Å². The van der Waals surface area contributed by atoms with Crippen LogP contribution in [0.5, 0.6) is 0 Å². The lowest BCUT2D eigenvalue weighted by Gasteiger charge is -2.27. The van der Waals surface area contributed by atoms with Crippen molar-refractivity contribution in [1.82, 2.24) is 15.5 Å². The van der Waals surface area contributed by atoms with Crippen LogP contribution in [0.3, 0.4) is 0 Å². The number of hydrogen-bond acceptors (Lipinski definition) is 10. The van der Waals surface area contributed by atoms with Crippen LogP contribution in [0.1, 0.15) is 33.6 Å². The van der Waals surface area contributed by atoms with Gasteiger partial charge in [-0.1, -0.05) is 6.07 Å². The second-order valence-electron chi connectivity index (χ2n) is 8.00. The zero-order valence-corrected chi connectivity index (χ0v) is 21.1. The van der Waals surface area contributed by atoms with Crippen molar-refractivity contribution in [1.29, 1.82) is 0 Å². The number of rotatable bonds is 15. The number of nitrogens with one attached hydrogen (secondary N) is 3. The largest absolute Gasteiger partial charge is 0.378 e. The van der Waals surface area contributed by atoms with E-state index >= 15 is 0 Å². The van der Waals surface area contributed by atoms with E-state index in [1.54, 1.807) is 12.1 Å². The van der Waals surface area contributed by atoms with Gasteiger partial charge in [0.1, 0.15) is 6.04 Å². The molecule has 0 radical (unpaired) electrons. The molecule has 0 spiro atoms. The number of imide groups is 2. The first-order valence-corrected chi connectivity index (χ1v) is 11.7. The van der Waals surface area contributed by atoms with Crippen molar-refractivity contribution >= 4 is 47.6 Å². The molecule has 1 aromatic carbocycles. The molecule has 1 unspecified atom stereocenters. The minimum atomic E-state index is -1.05. The van der Waals surface area contributed by atoms with Crippen molar-refractivity contribution < 1.29 is 38.2 Å². The first-order valence-electron chi connectivity index (χ1n) is 11.7. The van der Waals surface area contributed by atoms with Crippen LogP contribution in [0.2, 0.25) is 0 Å². The predicted octanol–water partition coefficient (Wildman–Crippen LogP) is -0.954. The van der Waals surface area contributed by atoms with Crippen LogP contribution >= 0.6 is 12.4 Å². The number of carbonyl (C=O) groups excluding carboxylic acids is 5. The summed E-state index contributed by atoms with van der Waals surface area (Å²) < 4.78 is 15.9. The fraction of sp³-hybridized carbons (Fsp3) is 0.522. The fourth-order valence-corrected chi connectivity index (χ4v) is 3.79. The summed E-state index contributed by atoms with van der Waals surface area (Å²) in [6.07, 6.45) is 0.106. The number of benzene rings is 1. The zero-order valence-electron chi connectivity index (χ0n) is 20.3. The van der Waals surface area contributed by atoms with Crippen molar-refractivity contribution in [3.8, 4) is 0 Å². The number of piperidine rings is 1. The van der Waals surface area contributed by atoms with E-state index in [-0.39, 0.29) is 55.4 Å². The van der Waals surface area contributed by atoms with Crippen LogP contribution in [0, 0.1) is 0 Å². The van der Waals surface area contributed by atoms with Crippen molar-refractivity contribution in [2.75, 3.05) is 64.6 Å². The maximum absolute atomic E-state index is 13.0. The molecule has 204 valence electrons. The topological polar surface area (TPSA) is 178 Å². The van der Waals surface area contributed by atoms with Crippen LogP contribution in [-0.4, -0.2) is 99.8 Å². The Bertz CT molecular complexity index is 992. The number of nitrogens with two attached hydrogens (primary N) is 1. The molecule has 13 nitrogen and oxygen atoms in total. The minimum Gasteiger partial charge on any atom is -0.378 e. The van der Waals surface area contributed by atoms with Gasteiger partial charge in [0, 0.05) is 25.2 Å². The molecule has 5 N–H and O–H groups in total. The Morgan fingerprint density at radius 2 is 1.68 bits per heavy atom. The number of anilines is 1. The lowest BCUT2D eigenvalue weighted by Crippen LogP contribution is -2.54. The van der Waals surface area contributed by atoms with E-state index in [0.717, 1.165) is 4.90 Å². The number of amides is 5. The first-order chi connectivity index (χ1) is 17.4. The van der Waals surface area contributed by atoms with Gasteiger partial charge in [-0.25, -0.2) is 0 Å². The van der Waals surface area contributed by atoms with Crippen LogP contribution < -0.4 is 21.7 Å². The first kappa shape index (κ1) is 30.1. The number of ether oxygens (including phenoxy) is 3. The average Bonchev–Trinajstić information content (AvgIpc) is 3.11. The van der Waals surface area contributed by atoms with Gasteiger partial charge in [0.2, 0.25) is 17.7 Å². The highest BCUT2D eigenvalue weighted by molar-refractivity contribution is 6.25. The molecule has 0 bridgehead atoms. The molecule has 37 heavy (non-hydrogen) atoms. The van der Waals surface area contributed by atoms with E-state index in [1.165, 1.54) is 6.07 Å². The van der Waals surface area contributed by atoms with Gasteiger partial charge in [-0.05, 0) is 18.6 Å². The van der Waals surface area contributed by atoms with Crippen LogP contribution in [0.4, 0.5) is 5.69 Å². The summed E-state index contributed by atoms with van der Waals surface area (Å²) in [6, 6.07) is 3.59. The number of nitrogens with zero attached hydrogens (tertiary/aromatic N) is 1. The molecule has 1 fully saturated rings. The summed E-state index contributed by atoms with van der Waals surface area (Å²) in [4.78, 5) is 62.6. The molecular weight excluding hydrogens is 510 g/mol. The smallest absolute Gasteiger partial charge is 0.264 e. The van der Waals surface area contributed by atoms with E-state index in [0.29, 0.717) is 51.9 Å². The molecule has 2 aliphatic rings. The van der Waals surface area contributed by atoms with Gasteiger partial charge in [0.15, 0.2) is 0 Å². The SMILES string of the molecule is Cl.NCCOCCOCCOCCNC(=O)CNc1cccc2c1C(=O)N(C1CCC(=O)NC1=O)C2=O. The van der Waals surface area contributed by atoms with Crippen molar-refractivity contribution in [3.05, 3.63) is 29.3 Å². The summed E-state index contributed by atoms with van der Waals surface area (Å²) >= 11 is 0. The van der Waals surface area contributed by atoms with Crippen molar-refractivity contribution in [2.24, 2.45) is 5.73 Å². The van der Waals surface area contributed by atoms with Gasteiger partial charge in [-0.2, -0.15) is 0 Å². The molecule has 0 aliphatic carbocycles. The molecular formula is C23H32ClN5O8. The average molecular weight is 542 g/mol. The standard InChI is InChI=1S/C23H31N5O8.ClH/c24-6-8-34-10-12-36-13-11-35-9-7-25-19(30)14-26-16-3-1-2-15-20(16)23(33)28(22(15)32)17-4-5-18(29)27-21(17)31;/h1-3,17,26H,4-14,24H2,(H,25,30)(H,27,29,31);1H. The lowest BCUT2D eigenvalue weighted by atomic mass is 10.0. The summed E-state index contributed by atoms with van der Waals surface area (Å²) in [5, 5.41) is 7.73. The molecule has 1 aromatic rings. The third-order valence-electron chi connectivity index (χ3n) is 5.48. The van der Waals surface area contributed by atoms with Crippen LogP contribution in [-0.2, 0) is 28.6 Å². The minimum absolute atomic E-state index is 0. The zero-order chi connectivity index (χ0) is 25.9. The molecule has 5 amide bonds. The van der Waals surface area contributed by atoms with E-state index in [4.69, 9.17) is 19.9 Å². The van der Waals surface area contributed by atoms with Crippen LogP contribution in [0.25, 0.3) is 0 Å². The summed E-state index contributed by atoms with van der Waals surface area (Å²) in [5.74, 6) is -2.70. The lowest BCUT2D eigenvalue weighted by molar-refractivity contribution is -0.136. The van der Waals surface area contributed by atoms with Gasteiger partial charge >= 0.3 is 0 Å². The second-order valence-corrected chi connectivity index (χ2v) is 8.00. The monoisotopic (exact) mass is 541 g/mol. The van der Waals surface area contributed by atoms with Gasteiger partial charge in [-0.15, -0.1) is 12.4 Å². The van der Waals surface area contributed by atoms with Crippen molar-refractivity contribution in [3.63, 3.8) is 0 Å². The Kier molecular flexibility index (Phi) is 12.4. The Balaban J connectivity index is 0.00000481. The highest BCUT2D eigenvalue weighted by atomic mass is 35.5. The molecule has 0 aromatic heterocycles. The maximum Gasteiger partial charge on any atom is 0.264 e. The highest BCUT2D eigenvalue weighted by Gasteiger charge is 2.45. The normalized spacial score (nSPS) is 16.8. The third kappa shape index (κ3) is 8.20. The van der Waals surface area contributed by atoms with Gasteiger partial charge in [0.05, 0.1) is 57.3 Å². The molecule has 3 rings (SSSR count).